The second-order valence-corrected chi connectivity index (χ2v) is 6.20. The van der Waals surface area contributed by atoms with Crippen molar-refractivity contribution >= 4 is 11.5 Å². The number of anilines is 1. The van der Waals surface area contributed by atoms with Gasteiger partial charge in [-0.05, 0) is 44.2 Å². The van der Waals surface area contributed by atoms with E-state index in [2.05, 4.69) is 33.2 Å². The highest BCUT2D eigenvalue weighted by atomic mass is 16.5. The average molecular weight is 320 g/mol. The normalized spacial score (nSPS) is 24.0. The molecule has 0 radical (unpaired) electrons. The van der Waals surface area contributed by atoms with Gasteiger partial charge in [-0.25, -0.2) is 0 Å². The first-order valence-corrected chi connectivity index (χ1v) is 8.19. The van der Waals surface area contributed by atoms with Crippen molar-refractivity contribution < 1.29 is 14.7 Å². The first kappa shape index (κ1) is 16.1. The Kier molecular flexibility index (Phi) is 5.07. The van der Waals surface area contributed by atoms with Gasteiger partial charge < -0.3 is 19.6 Å². The van der Waals surface area contributed by atoms with E-state index in [1.807, 2.05) is 0 Å². The average Bonchev–Trinajstić information content (AvgIpc) is 2.62. The zero-order valence-corrected chi connectivity index (χ0v) is 13.7. The molecule has 3 heterocycles. The molecule has 0 aliphatic carbocycles. The van der Waals surface area contributed by atoms with E-state index in [-0.39, 0.29) is 6.04 Å². The summed E-state index contributed by atoms with van der Waals surface area (Å²) in [5.74, 6) is 1.23. The van der Waals surface area contributed by atoms with Gasteiger partial charge in [-0.15, -0.1) is 10.2 Å². The lowest BCUT2D eigenvalue weighted by Gasteiger charge is -2.34. The van der Waals surface area contributed by atoms with Crippen molar-refractivity contribution in [3.8, 4) is 0 Å². The highest BCUT2D eigenvalue weighted by Crippen LogP contribution is 2.31. The maximum atomic E-state index is 9.14. The van der Waals surface area contributed by atoms with Gasteiger partial charge in [0.15, 0.2) is 5.82 Å². The molecule has 0 bridgehead atoms. The summed E-state index contributed by atoms with van der Waals surface area (Å²) in [7, 11) is 0. The van der Waals surface area contributed by atoms with Crippen LogP contribution in [0, 0.1) is 0 Å². The molecule has 2 aliphatic rings. The van der Waals surface area contributed by atoms with Crippen LogP contribution in [0.2, 0.25) is 0 Å². The molecule has 7 nitrogen and oxygen atoms in total. The van der Waals surface area contributed by atoms with Crippen molar-refractivity contribution in [2.24, 2.45) is 5.16 Å². The Morgan fingerprint density at radius 1 is 1.26 bits per heavy atom. The summed E-state index contributed by atoms with van der Waals surface area (Å²) in [6.07, 6.45) is 1.91. The molecule has 1 unspecified atom stereocenters. The van der Waals surface area contributed by atoms with E-state index in [4.69, 9.17) is 14.7 Å². The van der Waals surface area contributed by atoms with Crippen molar-refractivity contribution in [2.75, 3.05) is 37.9 Å². The van der Waals surface area contributed by atoms with Crippen LogP contribution in [0.1, 0.15) is 43.9 Å². The highest BCUT2D eigenvalue weighted by Gasteiger charge is 2.26. The van der Waals surface area contributed by atoms with Gasteiger partial charge in [0.1, 0.15) is 11.4 Å². The van der Waals surface area contributed by atoms with E-state index in [1.54, 1.807) is 6.92 Å². The third kappa shape index (κ3) is 3.45. The fourth-order valence-electron chi connectivity index (χ4n) is 3.25. The number of oxime groups is 1. The van der Waals surface area contributed by atoms with Gasteiger partial charge in [0.2, 0.25) is 0 Å². The van der Waals surface area contributed by atoms with E-state index < -0.39 is 0 Å². The molecule has 0 aromatic carbocycles. The second kappa shape index (κ2) is 7.23. The Morgan fingerprint density at radius 3 is 2.74 bits per heavy atom. The summed E-state index contributed by atoms with van der Waals surface area (Å²) in [5, 5.41) is 21.2. The van der Waals surface area contributed by atoms with Crippen LogP contribution in [-0.4, -0.2) is 60.1 Å². The van der Waals surface area contributed by atoms with Crippen molar-refractivity contribution in [1.29, 1.82) is 0 Å². The van der Waals surface area contributed by atoms with Crippen LogP contribution < -0.4 is 4.90 Å². The fourth-order valence-corrected chi connectivity index (χ4v) is 3.25. The zero-order chi connectivity index (χ0) is 16.2. The van der Waals surface area contributed by atoms with E-state index in [9.17, 15) is 0 Å². The minimum Gasteiger partial charge on any atom is -0.411 e. The minimum atomic E-state index is 0.277. The summed E-state index contributed by atoms with van der Waals surface area (Å²) >= 11 is 0. The molecule has 0 amide bonds. The Bertz CT molecular complexity index is 572. The Hall–Kier alpha value is -1.73. The van der Waals surface area contributed by atoms with Crippen molar-refractivity contribution in [3.63, 3.8) is 0 Å². The predicted molar refractivity (Wildman–Crippen MR) is 86.5 cm³/mol. The molecule has 1 aromatic rings. The SMILES string of the molecule is CC(=NO)c1nnc(N2CCOCC2C)cc1C1CCOCC1. The predicted octanol–water partition coefficient (Wildman–Crippen LogP) is 1.79. The van der Waals surface area contributed by atoms with Gasteiger partial charge in [0.25, 0.3) is 0 Å². The summed E-state index contributed by atoms with van der Waals surface area (Å²) in [4.78, 5) is 2.23. The number of ether oxygens (including phenoxy) is 2. The molecule has 3 rings (SSSR count). The van der Waals surface area contributed by atoms with Crippen LogP contribution in [0.3, 0.4) is 0 Å². The van der Waals surface area contributed by atoms with Gasteiger partial charge in [-0.2, -0.15) is 0 Å². The molecule has 1 N–H and O–H groups in total. The van der Waals surface area contributed by atoms with Crippen LogP contribution in [0.4, 0.5) is 5.82 Å². The Labute approximate surface area is 136 Å². The van der Waals surface area contributed by atoms with Crippen LogP contribution in [0.5, 0.6) is 0 Å². The lowest BCUT2D eigenvalue weighted by Crippen LogP contribution is -2.44. The molecular weight excluding hydrogens is 296 g/mol. The largest absolute Gasteiger partial charge is 0.411 e. The molecular formula is C16H24N4O3. The molecule has 2 saturated heterocycles. The number of morpholine rings is 1. The molecule has 23 heavy (non-hydrogen) atoms. The molecule has 1 atom stereocenters. The summed E-state index contributed by atoms with van der Waals surface area (Å²) < 4.78 is 11.0. The van der Waals surface area contributed by atoms with Crippen LogP contribution in [-0.2, 0) is 9.47 Å². The van der Waals surface area contributed by atoms with Crippen molar-refractivity contribution in [2.45, 2.75) is 38.6 Å². The standard InChI is InChI=1S/C16H24N4O3/c1-11-10-23-8-5-20(11)15-9-14(13-3-6-22-7-4-13)16(18-17-15)12(2)19-21/h9,11,13,21H,3-8,10H2,1-2H3. The zero-order valence-electron chi connectivity index (χ0n) is 13.7. The lowest BCUT2D eigenvalue weighted by molar-refractivity contribution is 0.0851. The Balaban J connectivity index is 1.96. The summed E-state index contributed by atoms with van der Waals surface area (Å²) in [6.45, 7) is 7.61. The van der Waals surface area contributed by atoms with Gasteiger partial charge >= 0.3 is 0 Å². The third-order valence-electron chi connectivity index (χ3n) is 4.63. The van der Waals surface area contributed by atoms with Crippen LogP contribution in [0.25, 0.3) is 0 Å². The molecule has 0 spiro atoms. The number of hydrogen-bond acceptors (Lipinski definition) is 7. The van der Waals surface area contributed by atoms with Crippen molar-refractivity contribution in [1.82, 2.24) is 10.2 Å². The van der Waals surface area contributed by atoms with Gasteiger partial charge in [0, 0.05) is 19.8 Å². The molecule has 2 aliphatic heterocycles. The monoisotopic (exact) mass is 320 g/mol. The number of hydrogen-bond donors (Lipinski definition) is 1. The topological polar surface area (TPSA) is 80.1 Å². The molecule has 7 heteroatoms. The smallest absolute Gasteiger partial charge is 0.151 e. The third-order valence-corrected chi connectivity index (χ3v) is 4.63. The van der Waals surface area contributed by atoms with Gasteiger partial charge in [0.05, 0.1) is 19.3 Å². The second-order valence-electron chi connectivity index (χ2n) is 6.20. The molecule has 2 fully saturated rings. The number of nitrogens with zero attached hydrogens (tertiary/aromatic N) is 4. The number of rotatable bonds is 3. The summed E-state index contributed by atoms with van der Waals surface area (Å²) in [6, 6.07) is 2.38. The van der Waals surface area contributed by atoms with Gasteiger partial charge in [-0.3, -0.25) is 0 Å². The molecule has 126 valence electrons. The summed E-state index contributed by atoms with van der Waals surface area (Å²) in [5.41, 5.74) is 2.29. The number of aromatic nitrogens is 2. The minimum absolute atomic E-state index is 0.277. The first-order valence-electron chi connectivity index (χ1n) is 8.19. The van der Waals surface area contributed by atoms with E-state index in [0.717, 1.165) is 44.0 Å². The van der Waals surface area contributed by atoms with E-state index >= 15 is 0 Å². The maximum Gasteiger partial charge on any atom is 0.151 e. The highest BCUT2D eigenvalue weighted by molar-refractivity contribution is 5.98. The first-order chi connectivity index (χ1) is 11.2. The van der Waals surface area contributed by atoms with Gasteiger partial charge in [-0.1, -0.05) is 5.16 Å². The van der Waals surface area contributed by atoms with E-state index in [0.29, 0.717) is 30.5 Å². The van der Waals surface area contributed by atoms with Crippen LogP contribution in [0.15, 0.2) is 11.2 Å². The molecule has 1 aromatic heterocycles. The van der Waals surface area contributed by atoms with Crippen molar-refractivity contribution in [3.05, 3.63) is 17.3 Å². The van der Waals surface area contributed by atoms with E-state index in [1.165, 1.54) is 0 Å². The fraction of sp³-hybridized carbons (Fsp3) is 0.688. The molecule has 0 saturated carbocycles. The Morgan fingerprint density at radius 2 is 2.04 bits per heavy atom. The maximum absolute atomic E-state index is 9.14. The quantitative estimate of drug-likeness (QED) is 0.519. The van der Waals surface area contributed by atoms with Crippen LogP contribution >= 0.6 is 0 Å². The lowest BCUT2D eigenvalue weighted by atomic mass is 9.89.